The average molecular weight is 383 g/mol. The lowest BCUT2D eigenvalue weighted by Crippen LogP contribution is -2.47. The van der Waals surface area contributed by atoms with Crippen molar-refractivity contribution in [1.29, 1.82) is 0 Å². The predicted octanol–water partition coefficient (Wildman–Crippen LogP) is 4.48. The fourth-order valence-electron chi connectivity index (χ4n) is 4.91. The molecule has 2 aromatic rings. The van der Waals surface area contributed by atoms with E-state index in [4.69, 9.17) is 11.6 Å². The second kappa shape index (κ2) is 7.65. The third kappa shape index (κ3) is 3.90. The largest absolute Gasteiger partial charge is 0.339 e. The first-order valence-electron chi connectivity index (χ1n) is 9.82. The highest BCUT2D eigenvalue weighted by Crippen LogP contribution is 2.42. The highest BCUT2D eigenvalue weighted by atomic mass is 35.5. The monoisotopic (exact) mass is 382 g/mol. The zero-order valence-electron chi connectivity index (χ0n) is 16.1. The van der Waals surface area contributed by atoms with Crippen LogP contribution < -0.4 is 0 Å². The molecule has 4 heteroatoms. The van der Waals surface area contributed by atoms with E-state index in [1.165, 1.54) is 16.7 Å². The van der Waals surface area contributed by atoms with Crippen molar-refractivity contribution in [1.82, 2.24) is 9.80 Å². The van der Waals surface area contributed by atoms with Crippen LogP contribution in [0.15, 0.2) is 48.5 Å². The van der Waals surface area contributed by atoms with E-state index in [1.807, 2.05) is 12.1 Å². The number of hydrogen-bond acceptors (Lipinski definition) is 2. The summed E-state index contributed by atoms with van der Waals surface area (Å²) in [7, 11) is 0. The van der Waals surface area contributed by atoms with E-state index in [2.05, 4.69) is 53.1 Å². The molecule has 0 spiro atoms. The molecule has 4 rings (SSSR count). The summed E-state index contributed by atoms with van der Waals surface area (Å²) >= 11 is 6.02. The molecule has 2 saturated heterocycles. The van der Waals surface area contributed by atoms with Gasteiger partial charge in [-0.25, -0.2) is 0 Å². The number of amides is 1. The second-order valence-electron chi connectivity index (χ2n) is 8.07. The van der Waals surface area contributed by atoms with Crippen molar-refractivity contribution in [3.05, 3.63) is 70.2 Å². The van der Waals surface area contributed by atoms with Crippen molar-refractivity contribution in [3.8, 4) is 0 Å². The number of likely N-dealkylation sites (tertiary alicyclic amines) is 2. The van der Waals surface area contributed by atoms with Crippen molar-refractivity contribution < 1.29 is 4.79 Å². The summed E-state index contributed by atoms with van der Waals surface area (Å²) in [6.07, 6.45) is 1.06. The van der Waals surface area contributed by atoms with Crippen LogP contribution in [0, 0.1) is 12.8 Å². The van der Waals surface area contributed by atoms with E-state index in [-0.39, 0.29) is 5.91 Å². The van der Waals surface area contributed by atoms with Gasteiger partial charge in [0.25, 0.3) is 0 Å². The minimum atomic E-state index is 0.214. The Kier molecular flexibility index (Phi) is 5.25. The lowest BCUT2D eigenvalue weighted by molar-refractivity contribution is -0.130. The van der Waals surface area contributed by atoms with Gasteiger partial charge in [0.05, 0.1) is 0 Å². The molecule has 0 aliphatic carbocycles. The minimum Gasteiger partial charge on any atom is -0.339 e. The minimum absolute atomic E-state index is 0.214. The first-order chi connectivity index (χ1) is 13.0. The number of nitrogens with zero attached hydrogens (tertiary/aromatic N) is 2. The third-order valence-corrected chi connectivity index (χ3v) is 6.46. The zero-order chi connectivity index (χ0) is 19.0. The highest BCUT2D eigenvalue weighted by Gasteiger charge is 2.46. The molecular formula is C23H27ClN2O. The Balaban J connectivity index is 1.55. The molecule has 2 aliphatic heterocycles. The van der Waals surface area contributed by atoms with Crippen molar-refractivity contribution >= 4 is 17.5 Å². The van der Waals surface area contributed by atoms with Crippen LogP contribution in [-0.2, 0) is 11.3 Å². The summed E-state index contributed by atoms with van der Waals surface area (Å²) in [6.45, 7) is 7.73. The Hall–Kier alpha value is -1.84. The summed E-state index contributed by atoms with van der Waals surface area (Å²) in [5.74, 6) is 1.13. The average Bonchev–Trinajstić information content (AvgIpc) is 3.03. The Morgan fingerprint density at radius 2 is 1.93 bits per heavy atom. The standard InChI is InChI=1S/C23H27ClN2O/c1-16-4-3-5-19(12-16)21-15-26(17(2)27)23-10-11-25(14-22(21)23)13-18-6-8-20(24)9-7-18/h3-9,12,21-23H,10-11,13-15H2,1-2H3/t21-,22-,23-/m0/s1. The van der Waals surface area contributed by atoms with Crippen LogP contribution in [-0.4, -0.2) is 41.4 Å². The van der Waals surface area contributed by atoms with Crippen LogP contribution in [0.25, 0.3) is 0 Å². The van der Waals surface area contributed by atoms with Crippen LogP contribution in [0.4, 0.5) is 0 Å². The second-order valence-corrected chi connectivity index (χ2v) is 8.51. The van der Waals surface area contributed by atoms with E-state index < -0.39 is 0 Å². The van der Waals surface area contributed by atoms with Gasteiger partial charge in [0.1, 0.15) is 0 Å². The van der Waals surface area contributed by atoms with E-state index in [9.17, 15) is 4.79 Å². The topological polar surface area (TPSA) is 23.6 Å². The lowest BCUT2D eigenvalue weighted by atomic mass is 9.81. The Labute approximate surface area is 166 Å². The quantitative estimate of drug-likeness (QED) is 0.781. The maximum Gasteiger partial charge on any atom is 0.219 e. The molecular weight excluding hydrogens is 356 g/mol. The first kappa shape index (κ1) is 18.5. The number of halogens is 1. The van der Waals surface area contributed by atoms with Crippen LogP contribution in [0.2, 0.25) is 5.02 Å². The summed E-state index contributed by atoms with van der Waals surface area (Å²) in [4.78, 5) is 16.9. The number of fused-ring (bicyclic) bond motifs is 1. The third-order valence-electron chi connectivity index (χ3n) is 6.21. The van der Waals surface area contributed by atoms with Gasteiger partial charge in [0.2, 0.25) is 5.91 Å². The van der Waals surface area contributed by atoms with Gasteiger partial charge in [0.15, 0.2) is 0 Å². The van der Waals surface area contributed by atoms with Gasteiger partial charge in [0, 0.05) is 56.0 Å². The number of aryl methyl sites for hydroxylation is 1. The van der Waals surface area contributed by atoms with E-state index >= 15 is 0 Å². The van der Waals surface area contributed by atoms with Crippen LogP contribution in [0.3, 0.4) is 0 Å². The number of benzene rings is 2. The van der Waals surface area contributed by atoms with Gasteiger partial charge in [-0.2, -0.15) is 0 Å². The Bertz CT molecular complexity index is 819. The molecule has 0 N–H and O–H groups in total. The maximum atomic E-state index is 12.2. The van der Waals surface area contributed by atoms with Crippen molar-refractivity contribution in [2.75, 3.05) is 19.6 Å². The molecule has 142 valence electrons. The molecule has 2 fully saturated rings. The highest BCUT2D eigenvalue weighted by molar-refractivity contribution is 6.30. The van der Waals surface area contributed by atoms with Gasteiger partial charge in [-0.1, -0.05) is 53.6 Å². The molecule has 3 atom stereocenters. The predicted molar refractivity (Wildman–Crippen MR) is 110 cm³/mol. The molecule has 0 bridgehead atoms. The first-order valence-corrected chi connectivity index (χ1v) is 10.2. The van der Waals surface area contributed by atoms with Crippen LogP contribution in [0.5, 0.6) is 0 Å². The van der Waals surface area contributed by atoms with Crippen LogP contribution in [0.1, 0.15) is 36.0 Å². The van der Waals surface area contributed by atoms with E-state index in [0.717, 1.165) is 37.6 Å². The molecule has 0 saturated carbocycles. The lowest BCUT2D eigenvalue weighted by Gasteiger charge is -2.39. The van der Waals surface area contributed by atoms with Gasteiger partial charge in [-0.3, -0.25) is 9.69 Å². The molecule has 2 aliphatic rings. The number of carbonyl (C=O) groups is 1. The SMILES string of the molecule is CC(=O)N1C[C@@H](c2cccc(C)c2)[C@@H]2CN(Cc3ccc(Cl)cc3)CC[C@@H]21. The van der Waals surface area contributed by atoms with Gasteiger partial charge >= 0.3 is 0 Å². The van der Waals surface area contributed by atoms with E-state index in [1.54, 1.807) is 6.92 Å². The molecule has 2 aromatic carbocycles. The van der Waals surface area contributed by atoms with Gasteiger partial charge < -0.3 is 4.90 Å². The summed E-state index contributed by atoms with van der Waals surface area (Å²) in [5, 5.41) is 0.782. The summed E-state index contributed by atoms with van der Waals surface area (Å²) in [6, 6.07) is 17.3. The van der Waals surface area contributed by atoms with Gasteiger partial charge in [-0.05, 0) is 36.6 Å². The van der Waals surface area contributed by atoms with Crippen molar-refractivity contribution in [2.24, 2.45) is 5.92 Å². The Morgan fingerprint density at radius 1 is 1.15 bits per heavy atom. The number of carbonyl (C=O) groups excluding carboxylic acids is 1. The molecule has 1 amide bonds. The molecule has 27 heavy (non-hydrogen) atoms. The molecule has 3 nitrogen and oxygen atoms in total. The molecule has 0 unspecified atom stereocenters. The number of rotatable bonds is 3. The molecule has 2 heterocycles. The molecule has 0 aromatic heterocycles. The summed E-state index contributed by atoms with van der Waals surface area (Å²) < 4.78 is 0. The normalized spacial score (nSPS) is 25.4. The van der Waals surface area contributed by atoms with Crippen molar-refractivity contribution in [3.63, 3.8) is 0 Å². The number of piperidine rings is 1. The van der Waals surface area contributed by atoms with E-state index in [0.29, 0.717) is 17.9 Å². The fraction of sp³-hybridized carbons (Fsp3) is 0.435. The maximum absolute atomic E-state index is 12.2. The number of hydrogen-bond donors (Lipinski definition) is 0. The smallest absolute Gasteiger partial charge is 0.219 e. The Morgan fingerprint density at radius 3 is 2.63 bits per heavy atom. The molecule has 0 radical (unpaired) electrons. The van der Waals surface area contributed by atoms with Crippen molar-refractivity contribution in [2.45, 2.75) is 38.8 Å². The van der Waals surface area contributed by atoms with Crippen LogP contribution >= 0.6 is 11.6 Å². The fourth-order valence-corrected chi connectivity index (χ4v) is 5.04. The van der Waals surface area contributed by atoms with Gasteiger partial charge in [-0.15, -0.1) is 0 Å². The zero-order valence-corrected chi connectivity index (χ0v) is 16.8. The summed E-state index contributed by atoms with van der Waals surface area (Å²) in [5.41, 5.74) is 3.97.